The second kappa shape index (κ2) is 6.73. The number of carbonyl (C=O) groups excluding carboxylic acids is 1. The molecule has 0 aliphatic heterocycles. The van der Waals surface area contributed by atoms with Crippen molar-refractivity contribution in [2.75, 3.05) is 14.2 Å². The zero-order valence-electron chi connectivity index (χ0n) is 14.5. The highest BCUT2D eigenvalue weighted by Crippen LogP contribution is 2.34. The third-order valence-electron chi connectivity index (χ3n) is 4.14. The molecular formula is C20H18ClNO3. The average Bonchev–Trinajstić information content (AvgIpc) is 2.60. The molecule has 3 aromatic rings. The van der Waals surface area contributed by atoms with Gasteiger partial charge in [-0.1, -0.05) is 11.6 Å². The fourth-order valence-electron chi connectivity index (χ4n) is 2.99. The second-order valence-electron chi connectivity index (χ2n) is 5.88. The van der Waals surface area contributed by atoms with E-state index in [1.807, 2.05) is 44.2 Å². The molecule has 0 fully saturated rings. The SMILES string of the molecule is COc1ccc(-c2cc(C(=O)Cl)c3cc(C)cc(C)c3n2)cc1OC. The van der Waals surface area contributed by atoms with Crippen LogP contribution in [0.25, 0.3) is 22.2 Å². The Morgan fingerprint density at radius 3 is 2.36 bits per heavy atom. The lowest BCUT2D eigenvalue weighted by Crippen LogP contribution is -1.98. The van der Waals surface area contributed by atoms with E-state index in [1.165, 1.54) is 0 Å². The molecule has 0 aliphatic rings. The number of nitrogens with zero attached hydrogens (tertiary/aromatic N) is 1. The number of carbonyl (C=O) groups is 1. The fourth-order valence-corrected chi connectivity index (χ4v) is 3.14. The zero-order valence-corrected chi connectivity index (χ0v) is 15.3. The van der Waals surface area contributed by atoms with Crippen LogP contribution in [0.5, 0.6) is 11.5 Å². The van der Waals surface area contributed by atoms with Crippen molar-refractivity contribution in [1.82, 2.24) is 4.98 Å². The van der Waals surface area contributed by atoms with Crippen LogP contribution < -0.4 is 9.47 Å². The van der Waals surface area contributed by atoms with Crippen LogP contribution in [-0.4, -0.2) is 24.4 Å². The maximum absolute atomic E-state index is 12.0. The normalized spacial score (nSPS) is 10.8. The van der Waals surface area contributed by atoms with E-state index in [9.17, 15) is 4.79 Å². The smallest absolute Gasteiger partial charge is 0.253 e. The van der Waals surface area contributed by atoms with E-state index in [0.29, 0.717) is 22.8 Å². The third kappa shape index (κ3) is 3.17. The number of benzene rings is 2. The summed E-state index contributed by atoms with van der Waals surface area (Å²) < 4.78 is 10.6. The molecule has 0 aliphatic carbocycles. The van der Waals surface area contributed by atoms with Gasteiger partial charge in [0.1, 0.15) is 0 Å². The van der Waals surface area contributed by atoms with Crippen molar-refractivity contribution in [2.24, 2.45) is 0 Å². The first-order valence-corrected chi connectivity index (χ1v) is 8.16. The van der Waals surface area contributed by atoms with E-state index in [0.717, 1.165) is 27.6 Å². The van der Waals surface area contributed by atoms with E-state index < -0.39 is 5.24 Å². The van der Waals surface area contributed by atoms with E-state index >= 15 is 0 Å². The lowest BCUT2D eigenvalue weighted by Gasteiger charge is -2.12. The quantitative estimate of drug-likeness (QED) is 0.623. The van der Waals surface area contributed by atoms with E-state index in [-0.39, 0.29) is 0 Å². The summed E-state index contributed by atoms with van der Waals surface area (Å²) in [7, 11) is 3.16. The van der Waals surface area contributed by atoms with Gasteiger partial charge in [-0.3, -0.25) is 4.79 Å². The number of aryl methyl sites for hydroxylation is 2. The minimum Gasteiger partial charge on any atom is -0.493 e. The van der Waals surface area contributed by atoms with Crippen LogP contribution in [0, 0.1) is 13.8 Å². The molecule has 0 saturated carbocycles. The topological polar surface area (TPSA) is 48.4 Å². The van der Waals surface area contributed by atoms with Crippen molar-refractivity contribution >= 4 is 27.7 Å². The molecule has 0 amide bonds. The molecule has 1 aromatic heterocycles. The Labute approximate surface area is 151 Å². The summed E-state index contributed by atoms with van der Waals surface area (Å²) >= 11 is 5.84. The van der Waals surface area contributed by atoms with Crippen LogP contribution in [0.15, 0.2) is 36.4 Å². The predicted octanol–water partition coefficient (Wildman–Crippen LogP) is 4.91. The molecule has 5 heteroatoms. The first kappa shape index (κ1) is 17.2. The minimum absolute atomic E-state index is 0.447. The van der Waals surface area contributed by atoms with Gasteiger partial charge in [0, 0.05) is 16.5 Å². The van der Waals surface area contributed by atoms with Gasteiger partial charge in [-0.2, -0.15) is 0 Å². The lowest BCUT2D eigenvalue weighted by molar-refractivity contribution is 0.108. The zero-order chi connectivity index (χ0) is 18.1. The summed E-state index contributed by atoms with van der Waals surface area (Å²) in [5.74, 6) is 1.23. The van der Waals surface area contributed by atoms with Gasteiger partial charge < -0.3 is 9.47 Å². The van der Waals surface area contributed by atoms with Gasteiger partial charge in [0.15, 0.2) is 11.5 Å². The number of aromatic nitrogens is 1. The highest BCUT2D eigenvalue weighted by atomic mass is 35.5. The first-order chi connectivity index (χ1) is 11.9. The Bertz CT molecular complexity index is 982. The number of rotatable bonds is 4. The maximum atomic E-state index is 12.0. The lowest BCUT2D eigenvalue weighted by atomic mass is 10.00. The minimum atomic E-state index is -0.501. The average molecular weight is 356 g/mol. The van der Waals surface area contributed by atoms with Crippen LogP contribution in [0.2, 0.25) is 0 Å². The van der Waals surface area contributed by atoms with Gasteiger partial charge >= 0.3 is 0 Å². The molecule has 0 unspecified atom stereocenters. The first-order valence-electron chi connectivity index (χ1n) is 7.79. The molecule has 128 valence electrons. The van der Waals surface area contributed by atoms with Crippen molar-refractivity contribution in [3.8, 4) is 22.8 Å². The monoisotopic (exact) mass is 355 g/mol. The Morgan fingerprint density at radius 2 is 1.72 bits per heavy atom. The fraction of sp³-hybridized carbons (Fsp3) is 0.200. The third-order valence-corrected chi connectivity index (χ3v) is 4.34. The number of ether oxygens (including phenoxy) is 2. The van der Waals surface area contributed by atoms with Crippen LogP contribution in [-0.2, 0) is 0 Å². The second-order valence-corrected chi connectivity index (χ2v) is 6.22. The molecule has 4 nitrogen and oxygen atoms in total. The largest absolute Gasteiger partial charge is 0.493 e. The highest BCUT2D eigenvalue weighted by Gasteiger charge is 2.15. The summed E-state index contributed by atoms with van der Waals surface area (Å²) in [6.07, 6.45) is 0. The highest BCUT2D eigenvalue weighted by molar-refractivity contribution is 6.68. The summed E-state index contributed by atoms with van der Waals surface area (Å²) in [6, 6.07) is 11.2. The molecule has 25 heavy (non-hydrogen) atoms. The molecule has 0 bridgehead atoms. The molecule has 2 aromatic carbocycles. The van der Waals surface area contributed by atoms with Crippen molar-refractivity contribution < 1.29 is 14.3 Å². The number of hydrogen-bond acceptors (Lipinski definition) is 4. The summed E-state index contributed by atoms with van der Waals surface area (Å²) in [5.41, 5.74) is 4.74. The Morgan fingerprint density at radius 1 is 1.00 bits per heavy atom. The molecule has 3 rings (SSSR count). The van der Waals surface area contributed by atoms with Crippen LogP contribution in [0.3, 0.4) is 0 Å². The predicted molar refractivity (Wildman–Crippen MR) is 99.9 cm³/mol. The number of fused-ring (bicyclic) bond motifs is 1. The van der Waals surface area contributed by atoms with E-state index in [2.05, 4.69) is 0 Å². The molecule has 0 N–H and O–H groups in total. The van der Waals surface area contributed by atoms with Gasteiger partial charge in [0.25, 0.3) is 5.24 Å². The summed E-state index contributed by atoms with van der Waals surface area (Å²) in [5, 5.41) is 0.265. The van der Waals surface area contributed by atoms with E-state index in [1.54, 1.807) is 20.3 Å². The van der Waals surface area contributed by atoms with Crippen molar-refractivity contribution in [2.45, 2.75) is 13.8 Å². The Hall–Kier alpha value is -2.59. The Kier molecular flexibility index (Phi) is 4.64. The number of hydrogen-bond donors (Lipinski definition) is 0. The van der Waals surface area contributed by atoms with Gasteiger partial charge in [0.05, 0.1) is 25.4 Å². The number of pyridine rings is 1. The molecular weight excluding hydrogens is 338 g/mol. The van der Waals surface area contributed by atoms with Gasteiger partial charge in [-0.15, -0.1) is 0 Å². The Balaban J connectivity index is 2.29. The number of methoxy groups -OCH3 is 2. The molecule has 0 spiro atoms. The van der Waals surface area contributed by atoms with Crippen LogP contribution in [0.4, 0.5) is 0 Å². The maximum Gasteiger partial charge on any atom is 0.253 e. The van der Waals surface area contributed by atoms with Crippen LogP contribution >= 0.6 is 11.6 Å². The van der Waals surface area contributed by atoms with Crippen molar-refractivity contribution in [3.05, 3.63) is 53.1 Å². The number of halogens is 1. The molecule has 0 radical (unpaired) electrons. The van der Waals surface area contributed by atoms with Crippen LogP contribution in [0.1, 0.15) is 21.5 Å². The molecule has 0 atom stereocenters. The standard InChI is InChI=1S/C20H18ClNO3/c1-11-7-12(2)19-14(8-11)15(20(21)23)10-16(22-19)13-5-6-17(24-3)18(9-13)25-4/h5-10H,1-4H3. The molecule has 1 heterocycles. The van der Waals surface area contributed by atoms with Gasteiger partial charge in [-0.25, -0.2) is 4.98 Å². The van der Waals surface area contributed by atoms with Gasteiger partial charge in [-0.05, 0) is 61.3 Å². The van der Waals surface area contributed by atoms with E-state index in [4.69, 9.17) is 26.1 Å². The summed E-state index contributed by atoms with van der Waals surface area (Å²) in [6.45, 7) is 3.96. The summed E-state index contributed by atoms with van der Waals surface area (Å²) in [4.78, 5) is 16.7. The van der Waals surface area contributed by atoms with Crippen molar-refractivity contribution in [3.63, 3.8) is 0 Å². The molecule has 0 saturated heterocycles. The van der Waals surface area contributed by atoms with Gasteiger partial charge in [0.2, 0.25) is 0 Å². The van der Waals surface area contributed by atoms with Crippen molar-refractivity contribution in [1.29, 1.82) is 0 Å².